The van der Waals surface area contributed by atoms with Crippen LogP contribution in [0.1, 0.15) is 63.5 Å². The minimum absolute atomic E-state index is 0.149. The Morgan fingerprint density at radius 1 is 1.14 bits per heavy atom. The summed E-state index contributed by atoms with van der Waals surface area (Å²) >= 11 is 0. The third-order valence-corrected chi connectivity index (χ3v) is 4.78. The average Bonchev–Trinajstić information content (AvgIpc) is 2.84. The molecule has 21 heavy (non-hydrogen) atoms. The fourth-order valence-electron chi connectivity index (χ4n) is 3.36. The summed E-state index contributed by atoms with van der Waals surface area (Å²) in [6, 6.07) is 8.55. The Morgan fingerprint density at radius 3 is 2.33 bits per heavy atom. The number of rotatable bonds is 7. The van der Waals surface area contributed by atoms with Crippen molar-refractivity contribution in [1.29, 1.82) is 0 Å². The van der Waals surface area contributed by atoms with Crippen LogP contribution in [0, 0.1) is 5.92 Å². The van der Waals surface area contributed by atoms with E-state index in [-0.39, 0.29) is 5.92 Å². The molecule has 0 aliphatic heterocycles. The zero-order valence-corrected chi connectivity index (χ0v) is 13.8. The summed E-state index contributed by atoms with van der Waals surface area (Å²) < 4.78 is 0. The van der Waals surface area contributed by atoms with Crippen molar-refractivity contribution in [3.8, 4) is 0 Å². The second-order valence-electron chi connectivity index (χ2n) is 6.33. The first kappa shape index (κ1) is 16.1. The second-order valence-corrected chi connectivity index (χ2v) is 6.33. The average molecular weight is 287 g/mol. The standard InChI is InChI=1S/C19H29NO/c1-4-6-12-20(13-7-5-2)19(21)18-14-16-10-8-9-11-17(16)15(18)3/h8-11,15,18H,4-7,12-14H2,1-3H3/t15-,18+/m0/s1. The van der Waals surface area contributed by atoms with Crippen LogP contribution in [0.2, 0.25) is 0 Å². The third-order valence-electron chi connectivity index (χ3n) is 4.78. The Morgan fingerprint density at radius 2 is 1.76 bits per heavy atom. The Kier molecular flexibility index (Phi) is 5.84. The van der Waals surface area contributed by atoms with E-state index in [0.29, 0.717) is 11.8 Å². The molecule has 1 aromatic carbocycles. The number of hydrogen-bond donors (Lipinski definition) is 0. The van der Waals surface area contributed by atoms with Crippen molar-refractivity contribution in [3.05, 3.63) is 35.4 Å². The van der Waals surface area contributed by atoms with Gasteiger partial charge in [-0.15, -0.1) is 0 Å². The minimum atomic E-state index is 0.149. The molecule has 1 aliphatic rings. The van der Waals surface area contributed by atoms with Gasteiger partial charge in [0, 0.05) is 19.0 Å². The molecule has 2 atom stereocenters. The molecule has 0 unspecified atom stereocenters. The maximum Gasteiger partial charge on any atom is 0.226 e. The molecular formula is C19H29NO. The highest BCUT2D eigenvalue weighted by atomic mass is 16.2. The van der Waals surface area contributed by atoms with Crippen molar-refractivity contribution in [2.45, 2.75) is 58.8 Å². The lowest BCUT2D eigenvalue weighted by Gasteiger charge is -2.27. The summed E-state index contributed by atoms with van der Waals surface area (Å²) in [5.74, 6) is 0.885. The fourth-order valence-corrected chi connectivity index (χ4v) is 3.36. The van der Waals surface area contributed by atoms with Crippen molar-refractivity contribution in [3.63, 3.8) is 0 Å². The molecule has 2 nitrogen and oxygen atoms in total. The summed E-state index contributed by atoms with van der Waals surface area (Å²) in [4.78, 5) is 15.1. The van der Waals surface area contributed by atoms with Crippen LogP contribution < -0.4 is 0 Å². The van der Waals surface area contributed by atoms with E-state index in [9.17, 15) is 4.79 Å². The van der Waals surface area contributed by atoms with Gasteiger partial charge in [-0.05, 0) is 36.3 Å². The number of carbonyl (C=O) groups is 1. The molecule has 0 spiro atoms. The van der Waals surface area contributed by atoms with Gasteiger partial charge in [-0.3, -0.25) is 4.79 Å². The van der Waals surface area contributed by atoms with Crippen molar-refractivity contribution < 1.29 is 4.79 Å². The largest absolute Gasteiger partial charge is 0.342 e. The maximum absolute atomic E-state index is 13.0. The molecule has 1 amide bonds. The summed E-state index contributed by atoms with van der Waals surface area (Å²) in [5.41, 5.74) is 2.75. The lowest BCUT2D eigenvalue weighted by Crippen LogP contribution is -2.38. The first-order valence-electron chi connectivity index (χ1n) is 8.55. The Labute approximate surface area is 129 Å². The first-order chi connectivity index (χ1) is 10.2. The van der Waals surface area contributed by atoms with Gasteiger partial charge in [-0.1, -0.05) is 57.9 Å². The summed E-state index contributed by atoms with van der Waals surface area (Å²) in [6.45, 7) is 8.45. The monoisotopic (exact) mass is 287 g/mol. The fraction of sp³-hybridized carbons (Fsp3) is 0.632. The molecule has 116 valence electrons. The van der Waals surface area contributed by atoms with Crippen LogP contribution in [-0.4, -0.2) is 23.9 Å². The zero-order valence-electron chi connectivity index (χ0n) is 13.8. The highest BCUT2D eigenvalue weighted by Crippen LogP contribution is 2.38. The third kappa shape index (κ3) is 3.66. The molecule has 2 heteroatoms. The molecular weight excluding hydrogens is 258 g/mol. The van der Waals surface area contributed by atoms with Crippen molar-refractivity contribution in [1.82, 2.24) is 4.90 Å². The molecule has 0 saturated heterocycles. The molecule has 0 radical (unpaired) electrons. The van der Waals surface area contributed by atoms with Gasteiger partial charge >= 0.3 is 0 Å². The Balaban J connectivity index is 2.07. The summed E-state index contributed by atoms with van der Waals surface area (Å²) in [5, 5.41) is 0. The van der Waals surface area contributed by atoms with Crippen LogP contribution in [-0.2, 0) is 11.2 Å². The van der Waals surface area contributed by atoms with Crippen LogP contribution in [0.4, 0.5) is 0 Å². The van der Waals surface area contributed by atoms with Gasteiger partial charge in [-0.25, -0.2) is 0 Å². The molecule has 0 heterocycles. The predicted octanol–water partition coefficient (Wildman–Crippen LogP) is 4.39. The van der Waals surface area contributed by atoms with Crippen LogP contribution in [0.5, 0.6) is 0 Å². The van der Waals surface area contributed by atoms with Gasteiger partial charge in [0.05, 0.1) is 0 Å². The van der Waals surface area contributed by atoms with Crippen molar-refractivity contribution in [2.75, 3.05) is 13.1 Å². The molecule has 1 aliphatic carbocycles. The zero-order chi connectivity index (χ0) is 15.2. The number of benzene rings is 1. The van der Waals surface area contributed by atoms with E-state index in [1.807, 2.05) is 0 Å². The smallest absolute Gasteiger partial charge is 0.226 e. The van der Waals surface area contributed by atoms with Crippen LogP contribution in [0.15, 0.2) is 24.3 Å². The lowest BCUT2D eigenvalue weighted by atomic mass is 9.93. The van der Waals surface area contributed by atoms with E-state index in [1.165, 1.54) is 11.1 Å². The van der Waals surface area contributed by atoms with Gasteiger partial charge in [0.1, 0.15) is 0 Å². The van der Waals surface area contributed by atoms with E-state index >= 15 is 0 Å². The molecule has 2 rings (SSSR count). The van der Waals surface area contributed by atoms with Crippen LogP contribution >= 0.6 is 0 Å². The summed E-state index contributed by atoms with van der Waals surface area (Å²) in [7, 11) is 0. The Hall–Kier alpha value is -1.31. The van der Waals surface area contributed by atoms with Gasteiger partial charge in [-0.2, -0.15) is 0 Å². The second kappa shape index (κ2) is 7.63. The van der Waals surface area contributed by atoms with Gasteiger partial charge in [0.2, 0.25) is 5.91 Å². The number of hydrogen-bond acceptors (Lipinski definition) is 1. The minimum Gasteiger partial charge on any atom is -0.342 e. The van der Waals surface area contributed by atoms with Crippen molar-refractivity contribution in [2.24, 2.45) is 5.92 Å². The Bertz CT molecular complexity index is 460. The number of fused-ring (bicyclic) bond motifs is 1. The van der Waals surface area contributed by atoms with Crippen LogP contribution in [0.3, 0.4) is 0 Å². The van der Waals surface area contributed by atoms with E-state index in [2.05, 4.69) is 49.9 Å². The highest BCUT2D eigenvalue weighted by Gasteiger charge is 2.35. The first-order valence-corrected chi connectivity index (χ1v) is 8.55. The topological polar surface area (TPSA) is 20.3 Å². The molecule has 0 aromatic heterocycles. The van der Waals surface area contributed by atoms with E-state index in [4.69, 9.17) is 0 Å². The van der Waals surface area contributed by atoms with E-state index in [0.717, 1.165) is 45.2 Å². The number of unbranched alkanes of at least 4 members (excludes halogenated alkanes) is 2. The molecule has 0 bridgehead atoms. The normalized spacial score (nSPS) is 20.3. The lowest BCUT2D eigenvalue weighted by molar-refractivity contribution is -0.136. The SMILES string of the molecule is CCCCN(CCCC)C(=O)[C@@H]1Cc2ccccc2[C@@H]1C. The van der Waals surface area contributed by atoms with E-state index in [1.54, 1.807) is 0 Å². The van der Waals surface area contributed by atoms with E-state index < -0.39 is 0 Å². The van der Waals surface area contributed by atoms with Crippen LogP contribution in [0.25, 0.3) is 0 Å². The van der Waals surface area contributed by atoms with Crippen molar-refractivity contribution >= 4 is 5.91 Å². The number of nitrogens with zero attached hydrogens (tertiary/aromatic N) is 1. The molecule has 0 N–H and O–H groups in total. The van der Waals surface area contributed by atoms with Gasteiger partial charge in [0.25, 0.3) is 0 Å². The number of amides is 1. The maximum atomic E-state index is 13.0. The predicted molar refractivity (Wildman–Crippen MR) is 88.4 cm³/mol. The molecule has 0 fully saturated rings. The van der Waals surface area contributed by atoms with Gasteiger partial charge in [0.15, 0.2) is 0 Å². The summed E-state index contributed by atoms with van der Waals surface area (Å²) in [6.07, 6.45) is 5.45. The van der Waals surface area contributed by atoms with Gasteiger partial charge < -0.3 is 4.90 Å². The quantitative estimate of drug-likeness (QED) is 0.728. The highest BCUT2D eigenvalue weighted by molar-refractivity contribution is 5.81. The number of carbonyl (C=O) groups excluding carboxylic acids is 1. The molecule has 1 aromatic rings. The molecule has 0 saturated carbocycles.